The number of rotatable bonds is 7. The van der Waals surface area contributed by atoms with Crippen molar-refractivity contribution in [3.8, 4) is 11.5 Å². The van der Waals surface area contributed by atoms with E-state index in [2.05, 4.69) is 27.7 Å². The molecular formula is C24H27Cl2NO3. The van der Waals surface area contributed by atoms with E-state index in [0.717, 1.165) is 13.1 Å². The van der Waals surface area contributed by atoms with E-state index in [1.807, 2.05) is 0 Å². The zero-order chi connectivity index (χ0) is 22.0. The van der Waals surface area contributed by atoms with Crippen molar-refractivity contribution in [3.63, 3.8) is 0 Å². The van der Waals surface area contributed by atoms with E-state index in [4.69, 9.17) is 27.9 Å². The molecule has 0 unspecified atom stereocenters. The second-order valence-electron chi connectivity index (χ2n) is 8.65. The van der Waals surface area contributed by atoms with Crippen LogP contribution < -0.4 is 14.7 Å². The minimum absolute atomic E-state index is 0.0950. The average Bonchev–Trinajstić information content (AvgIpc) is 2.95. The Hall–Kier alpha value is -2.01. The molecule has 30 heavy (non-hydrogen) atoms. The highest BCUT2D eigenvalue weighted by molar-refractivity contribution is 6.42. The summed E-state index contributed by atoms with van der Waals surface area (Å²) in [6, 6.07) is 8.14. The number of allylic oxidation sites excluding steroid dienone is 1. The van der Waals surface area contributed by atoms with Gasteiger partial charge in [0.05, 0.1) is 28.7 Å². The third kappa shape index (κ3) is 5.18. The van der Waals surface area contributed by atoms with Gasteiger partial charge in [0.2, 0.25) is 5.78 Å². The molecule has 0 spiro atoms. The third-order valence-corrected chi connectivity index (χ3v) is 5.70. The summed E-state index contributed by atoms with van der Waals surface area (Å²) in [4.78, 5) is 14.2. The lowest BCUT2D eigenvalue weighted by Gasteiger charge is -2.26. The van der Waals surface area contributed by atoms with Gasteiger partial charge in [-0.3, -0.25) is 4.79 Å². The van der Waals surface area contributed by atoms with Gasteiger partial charge in [-0.05, 0) is 29.8 Å². The highest BCUT2D eigenvalue weighted by Crippen LogP contribution is 2.38. The van der Waals surface area contributed by atoms with Gasteiger partial charge in [0.25, 0.3) is 0 Å². The number of halogens is 2. The monoisotopic (exact) mass is 447 g/mol. The number of carbonyl (C=O) groups is 1. The number of Topliss-reactive ketones (excluding diaryl/α,β-unsaturated/α-hetero) is 1. The van der Waals surface area contributed by atoms with E-state index in [9.17, 15) is 9.90 Å². The Kier molecular flexibility index (Phi) is 7.12. The Labute approximate surface area is 188 Å². The van der Waals surface area contributed by atoms with Crippen LogP contribution >= 0.6 is 23.2 Å². The molecule has 0 saturated carbocycles. The minimum Gasteiger partial charge on any atom is -0.872 e. The molecule has 0 aromatic heterocycles. The lowest BCUT2D eigenvalue weighted by Crippen LogP contribution is -3.11. The predicted octanol–water partition coefficient (Wildman–Crippen LogP) is 4.38. The van der Waals surface area contributed by atoms with Gasteiger partial charge in [0.15, 0.2) is 5.76 Å². The topological polar surface area (TPSA) is 53.8 Å². The van der Waals surface area contributed by atoms with Crippen molar-refractivity contribution in [2.24, 2.45) is 11.8 Å². The largest absolute Gasteiger partial charge is 0.872 e. The van der Waals surface area contributed by atoms with Crippen molar-refractivity contribution in [2.75, 3.05) is 13.1 Å². The molecule has 160 valence electrons. The van der Waals surface area contributed by atoms with Gasteiger partial charge < -0.3 is 14.7 Å². The molecule has 1 heterocycles. The molecule has 0 aliphatic carbocycles. The van der Waals surface area contributed by atoms with Gasteiger partial charge in [0, 0.05) is 17.4 Å². The summed E-state index contributed by atoms with van der Waals surface area (Å²) in [5.41, 5.74) is 1.70. The number of hydrogen-bond acceptors (Lipinski definition) is 3. The molecule has 3 rings (SSSR count). The molecular weight excluding hydrogens is 421 g/mol. The van der Waals surface area contributed by atoms with Crippen LogP contribution in [0.15, 0.2) is 36.1 Å². The molecule has 0 saturated heterocycles. The molecule has 1 aliphatic heterocycles. The van der Waals surface area contributed by atoms with Crippen LogP contribution in [0.2, 0.25) is 10.0 Å². The average molecular weight is 448 g/mol. The van der Waals surface area contributed by atoms with Crippen molar-refractivity contribution in [2.45, 2.75) is 34.2 Å². The van der Waals surface area contributed by atoms with Crippen molar-refractivity contribution in [3.05, 3.63) is 62.8 Å². The number of benzene rings is 2. The quantitative estimate of drug-likeness (QED) is 0.640. The maximum absolute atomic E-state index is 12.9. The van der Waals surface area contributed by atoms with Gasteiger partial charge in [-0.1, -0.05) is 68.8 Å². The number of carbonyl (C=O) groups excluding carboxylic acids is 1. The van der Waals surface area contributed by atoms with E-state index >= 15 is 0 Å². The standard InChI is InChI=1S/C24H27Cl2NO3/c1-14(2)11-27(12-15(3)4)13-18-21(28)8-6-17-23(29)22(30-24(17)18)10-16-5-7-19(25)20(26)9-16/h5-10,14-15,28H,11-13H2,1-4H3/b22-10-. The first-order valence-corrected chi connectivity index (χ1v) is 11.0. The van der Waals surface area contributed by atoms with E-state index in [1.165, 1.54) is 11.0 Å². The maximum Gasteiger partial charge on any atom is 0.231 e. The van der Waals surface area contributed by atoms with Gasteiger partial charge in [-0.2, -0.15) is 0 Å². The first-order chi connectivity index (χ1) is 14.2. The molecule has 0 amide bonds. The molecule has 2 aromatic carbocycles. The molecule has 0 bridgehead atoms. The Balaban J connectivity index is 1.93. The fraction of sp³-hybridized carbons (Fsp3) is 0.375. The number of ether oxygens (including phenoxy) is 1. The zero-order valence-electron chi connectivity index (χ0n) is 17.7. The summed E-state index contributed by atoms with van der Waals surface area (Å²) < 4.78 is 5.94. The molecule has 1 N–H and O–H groups in total. The van der Waals surface area contributed by atoms with E-state index < -0.39 is 0 Å². The Morgan fingerprint density at radius 2 is 1.70 bits per heavy atom. The first kappa shape index (κ1) is 22.7. The summed E-state index contributed by atoms with van der Waals surface area (Å²) in [5, 5.41) is 13.5. The highest BCUT2D eigenvalue weighted by Gasteiger charge is 2.31. The Morgan fingerprint density at radius 3 is 2.30 bits per heavy atom. The van der Waals surface area contributed by atoms with Gasteiger partial charge in [-0.25, -0.2) is 0 Å². The highest BCUT2D eigenvalue weighted by atomic mass is 35.5. The lowest BCUT2D eigenvalue weighted by atomic mass is 10.0. The normalized spacial score (nSPS) is 14.8. The van der Waals surface area contributed by atoms with Crippen molar-refractivity contribution < 1.29 is 19.5 Å². The number of ketones is 1. The van der Waals surface area contributed by atoms with Crippen LogP contribution in [0.3, 0.4) is 0 Å². The van der Waals surface area contributed by atoms with Crippen LogP contribution in [0.4, 0.5) is 0 Å². The van der Waals surface area contributed by atoms with Crippen LogP contribution in [-0.2, 0) is 6.54 Å². The number of nitrogens with one attached hydrogen (secondary N) is 1. The molecule has 2 aromatic rings. The van der Waals surface area contributed by atoms with Gasteiger partial charge in [-0.15, -0.1) is 0 Å². The fourth-order valence-corrected chi connectivity index (χ4v) is 4.15. The first-order valence-electron chi connectivity index (χ1n) is 10.2. The van der Waals surface area contributed by atoms with Crippen molar-refractivity contribution in [1.29, 1.82) is 0 Å². The maximum atomic E-state index is 12.9. The second kappa shape index (κ2) is 9.42. The lowest BCUT2D eigenvalue weighted by molar-refractivity contribution is -0.919. The number of hydrogen-bond donors (Lipinski definition) is 1. The van der Waals surface area contributed by atoms with E-state index in [0.29, 0.717) is 50.9 Å². The Morgan fingerprint density at radius 1 is 1.03 bits per heavy atom. The molecule has 6 heteroatoms. The van der Waals surface area contributed by atoms with Gasteiger partial charge in [0.1, 0.15) is 12.3 Å². The predicted molar refractivity (Wildman–Crippen MR) is 119 cm³/mol. The summed E-state index contributed by atoms with van der Waals surface area (Å²) >= 11 is 12.0. The third-order valence-electron chi connectivity index (χ3n) is 4.96. The Bertz CT molecular complexity index is 973. The molecule has 1 aliphatic rings. The van der Waals surface area contributed by atoms with Crippen LogP contribution in [-0.4, -0.2) is 18.9 Å². The summed E-state index contributed by atoms with van der Waals surface area (Å²) in [5.74, 6) is 1.25. The van der Waals surface area contributed by atoms with Crippen LogP contribution in [0.25, 0.3) is 6.08 Å². The van der Waals surface area contributed by atoms with Crippen LogP contribution in [0, 0.1) is 11.8 Å². The smallest absolute Gasteiger partial charge is 0.231 e. The molecule has 0 fully saturated rings. The minimum atomic E-state index is -0.230. The van der Waals surface area contributed by atoms with Crippen LogP contribution in [0.5, 0.6) is 11.5 Å². The number of fused-ring (bicyclic) bond motifs is 1. The van der Waals surface area contributed by atoms with Gasteiger partial charge >= 0.3 is 0 Å². The molecule has 0 radical (unpaired) electrons. The van der Waals surface area contributed by atoms with E-state index in [-0.39, 0.29) is 17.3 Å². The van der Waals surface area contributed by atoms with E-state index in [1.54, 1.807) is 30.3 Å². The SMILES string of the molecule is CC(C)C[NH+](Cc1c([O-])ccc2c1O/C(=C\c1ccc(Cl)c(Cl)c1)C2=O)CC(C)C. The summed E-state index contributed by atoms with van der Waals surface area (Å²) in [6.45, 7) is 11.1. The zero-order valence-corrected chi connectivity index (χ0v) is 19.2. The molecule has 0 atom stereocenters. The summed E-state index contributed by atoms with van der Waals surface area (Å²) in [7, 11) is 0. The number of quaternary nitrogens is 1. The fourth-order valence-electron chi connectivity index (χ4n) is 3.84. The van der Waals surface area contributed by atoms with Crippen molar-refractivity contribution in [1.82, 2.24) is 0 Å². The van der Waals surface area contributed by atoms with Crippen LogP contribution in [0.1, 0.15) is 49.2 Å². The van der Waals surface area contributed by atoms with Crippen molar-refractivity contribution >= 4 is 35.1 Å². The summed E-state index contributed by atoms with van der Waals surface area (Å²) in [6.07, 6.45) is 1.63. The second-order valence-corrected chi connectivity index (χ2v) is 9.47. The molecule has 4 nitrogen and oxygen atoms in total.